The highest BCUT2D eigenvalue weighted by molar-refractivity contribution is 5.94. The van der Waals surface area contributed by atoms with Crippen molar-refractivity contribution in [3.63, 3.8) is 0 Å². The number of aliphatic carboxylic acids is 1. The second kappa shape index (κ2) is 15.2. The highest BCUT2D eigenvalue weighted by atomic mass is 16.4. The summed E-state index contributed by atoms with van der Waals surface area (Å²) in [5.74, 6) is -3.08. The first kappa shape index (κ1) is 30.1. The number of nitrogens with zero attached hydrogens (tertiary/aromatic N) is 1. The van der Waals surface area contributed by atoms with Crippen molar-refractivity contribution in [1.82, 2.24) is 21.3 Å². The van der Waals surface area contributed by atoms with Gasteiger partial charge in [-0.05, 0) is 44.1 Å². The van der Waals surface area contributed by atoms with E-state index >= 15 is 0 Å². The first-order valence-corrected chi connectivity index (χ1v) is 12.4. The molecular formula is C23H43N7O5. The predicted octanol–water partition coefficient (Wildman–Crippen LogP) is -0.577. The SMILES string of the molecule is CCC(C)C(NC(=O)C(CCCN=C(N)N)NC(=O)C(NC(=O)C1CCCN1)C(C)CC)C(=O)O. The number of nitrogens with two attached hydrogens (primary N) is 2. The summed E-state index contributed by atoms with van der Waals surface area (Å²) in [6.45, 7) is 8.32. The highest BCUT2D eigenvalue weighted by Gasteiger charge is 2.34. The summed E-state index contributed by atoms with van der Waals surface area (Å²) in [7, 11) is 0. The zero-order valence-corrected chi connectivity index (χ0v) is 21.3. The van der Waals surface area contributed by atoms with Crippen LogP contribution < -0.4 is 32.7 Å². The molecule has 12 nitrogen and oxygen atoms in total. The summed E-state index contributed by atoms with van der Waals surface area (Å²) >= 11 is 0. The van der Waals surface area contributed by atoms with Crippen molar-refractivity contribution >= 4 is 29.7 Å². The first-order chi connectivity index (χ1) is 16.5. The molecule has 200 valence electrons. The van der Waals surface area contributed by atoms with E-state index in [4.69, 9.17) is 11.5 Å². The van der Waals surface area contributed by atoms with Gasteiger partial charge in [0.25, 0.3) is 0 Å². The smallest absolute Gasteiger partial charge is 0.326 e. The molecule has 1 rings (SSSR count). The Balaban J connectivity index is 3.01. The van der Waals surface area contributed by atoms with E-state index in [0.717, 1.165) is 13.0 Å². The lowest BCUT2D eigenvalue weighted by atomic mass is 9.96. The Hall–Kier alpha value is -2.89. The average Bonchev–Trinajstić information content (AvgIpc) is 3.36. The van der Waals surface area contributed by atoms with Gasteiger partial charge in [-0.2, -0.15) is 0 Å². The standard InChI is InChI=1S/C23H43N7O5/c1-5-13(3)17(29-19(31)15-9-7-11-26-15)21(33)28-16(10-8-12-27-23(24)25)20(32)30-18(22(34)35)14(4)6-2/h13-18,26H,5-12H2,1-4H3,(H,28,33)(H,29,31)(H,30,32)(H,34,35)(H4,24,25,27). The van der Waals surface area contributed by atoms with Crippen LogP contribution in [0.5, 0.6) is 0 Å². The summed E-state index contributed by atoms with van der Waals surface area (Å²) < 4.78 is 0. The monoisotopic (exact) mass is 497 g/mol. The van der Waals surface area contributed by atoms with E-state index < -0.39 is 35.9 Å². The molecule has 0 aromatic heterocycles. The number of hydrogen-bond acceptors (Lipinski definition) is 6. The van der Waals surface area contributed by atoms with E-state index in [2.05, 4.69) is 26.3 Å². The second-order valence-electron chi connectivity index (χ2n) is 9.24. The molecule has 0 spiro atoms. The summed E-state index contributed by atoms with van der Waals surface area (Å²) in [5.41, 5.74) is 10.7. The fourth-order valence-electron chi connectivity index (χ4n) is 3.83. The van der Waals surface area contributed by atoms with Crippen LogP contribution >= 0.6 is 0 Å². The molecule has 0 aromatic rings. The van der Waals surface area contributed by atoms with Crippen LogP contribution in [0.2, 0.25) is 0 Å². The number of hydrogen-bond donors (Lipinski definition) is 7. The minimum atomic E-state index is -1.15. The minimum Gasteiger partial charge on any atom is -0.480 e. The normalized spacial score (nSPS) is 19.5. The summed E-state index contributed by atoms with van der Waals surface area (Å²) in [5, 5.41) is 20.8. The van der Waals surface area contributed by atoms with Crippen molar-refractivity contribution in [2.75, 3.05) is 13.1 Å². The van der Waals surface area contributed by atoms with Crippen molar-refractivity contribution in [2.45, 2.75) is 90.4 Å². The molecule has 1 fully saturated rings. The van der Waals surface area contributed by atoms with Gasteiger partial charge in [0.05, 0.1) is 6.04 Å². The van der Waals surface area contributed by atoms with E-state index in [1.54, 1.807) is 6.92 Å². The molecular weight excluding hydrogens is 454 g/mol. The van der Waals surface area contributed by atoms with Gasteiger partial charge in [-0.1, -0.05) is 40.5 Å². The summed E-state index contributed by atoms with van der Waals surface area (Å²) in [6, 6.07) is -3.30. The molecule has 12 heteroatoms. The number of carboxylic acid groups (broad SMARTS) is 1. The van der Waals surface area contributed by atoms with Gasteiger partial charge in [0.15, 0.2) is 5.96 Å². The predicted molar refractivity (Wildman–Crippen MR) is 133 cm³/mol. The molecule has 6 unspecified atom stereocenters. The topological polar surface area (TPSA) is 201 Å². The molecule has 1 heterocycles. The van der Waals surface area contributed by atoms with Crippen LogP contribution in [0.25, 0.3) is 0 Å². The third kappa shape index (κ3) is 10.1. The van der Waals surface area contributed by atoms with Crippen molar-refractivity contribution in [3.05, 3.63) is 0 Å². The zero-order valence-electron chi connectivity index (χ0n) is 21.3. The van der Waals surface area contributed by atoms with E-state index in [0.29, 0.717) is 25.7 Å². The Bertz CT molecular complexity index is 751. The molecule has 0 aliphatic carbocycles. The Kier molecular flexibility index (Phi) is 13.1. The third-order valence-corrected chi connectivity index (χ3v) is 6.53. The maximum atomic E-state index is 13.2. The van der Waals surface area contributed by atoms with Crippen molar-refractivity contribution < 1.29 is 24.3 Å². The number of amides is 3. The summed E-state index contributed by atoms with van der Waals surface area (Å²) in [4.78, 5) is 54.6. The molecule has 6 atom stereocenters. The average molecular weight is 498 g/mol. The lowest BCUT2D eigenvalue weighted by Crippen LogP contribution is -2.59. The third-order valence-electron chi connectivity index (χ3n) is 6.53. The molecule has 1 saturated heterocycles. The number of nitrogens with one attached hydrogen (secondary N) is 4. The van der Waals surface area contributed by atoms with Crippen molar-refractivity contribution in [1.29, 1.82) is 0 Å². The number of carbonyl (C=O) groups is 4. The van der Waals surface area contributed by atoms with E-state index in [1.165, 1.54) is 0 Å². The minimum absolute atomic E-state index is 0.0854. The molecule has 1 aliphatic heterocycles. The molecule has 3 amide bonds. The number of carboxylic acids is 1. The molecule has 0 radical (unpaired) electrons. The van der Waals surface area contributed by atoms with Crippen LogP contribution in [0, 0.1) is 11.8 Å². The molecule has 0 bridgehead atoms. The van der Waals surface area contributed by atoms with Gasteiger partial charge in [-0.3, -0.25) is 19.4 Å². The largest absolute Gasteiger partial charge is 0.480 e. The van der Waals surface area contributed by atoms with Gasteiger partial charge in [0.2, 0.25) is 17.7 Å². The van der Waals surface area contributed by atoms with E-state index in [1.807, 2.05) is 20.8 Å². The lowest BCUT2D eigenvalue weighted by molar-refractivity contribution is -0.144. The van der Waals surface area contributed by atoms with Gasteiger partial charge in [-0.25, -0.2) is 4.79 Å². The van der Waals surface area contributed by atoms with Crippen LogP contribution in [0.3, 0.4) is 0 Å². The molecule has 0 saturated carbocycles. The van der Waals surface area contributed by atoms with Crippen molar-refractivity contribution in [2.24, 2.45) is 28.3 Å². The Morgan fingerprint density at radius 3 is 2.14 bits per heavy atom. The summed E-state index contributed by atoms with van der Waals surface area (Å²) in [6.07, 6.45) is 3.33. The number of carbonyl (C=O) groups excluding carboxylic acids is 3. The van der Waals surface area contributed by atoms with Crippen LogP contribution in [-0.2, 0) is 19.2 Å². The molecule has 0 aromatic carbocycles. The van der Waals surface area contributed by atoms with Gasteiger partial charge in [0, 0.05) is 6.54 Å². The Morgan fingerprint density at radius 1 is 1.00 bits per heavy atom. The van der Waals surface area contributed by atoms with Crippen LogP contribution in [0.1, 0.15) is 66.2 Å². The van der Waals surface area contributed by atoms with Crippen LogP contribution in [0.4, 0.5) is 0 Å². The molecule has 9 N–H and O–H groups in total. The number of guanidine groups is 1. The van der Waals surface area contributed by atoms with Gasteiger partial charge in [-0.15, -0.1) is 0 Å². The molecule has 35 heavy (non-hydrogen) atoms. The molecule has 1 aliphatic rings. The fraction of sp³-hybridized carbons (Fsp3) is 0.783. The number of rotatable bonds is 15. The zero-order chi connectivity index (χ0) is 26.5. The highest BCUT2D eigenvalue weighted by Crippen LogP contribution is 2.13. The first-order valence-electron chi connectivity index (χ1n) is 12.4. The maximum Gasteiger partial charge on any atom is 0.326 e. The lowest BCUT2D eigenvalue weighted by Gasteiger charge is -2.28. The van der Waals surface area contributed by atoms with Crippen LogP contribution in [-0.4, -0.2) is 72.0 Å². The van der Waals surface area contributed by atoms with Gasteiger partial charge in [0.1, 0.15) is 18.1 Å². The second-order valence-corrected chi connectivity index (χ2v) is 9.24. The quantitative estimate of drug-likeness (QED) is 0.0884. The van der Waals surface area contributed by atoms with E-state index in [-0.39, 0.29) is 42.7 Å². The Labute approximate surface area is 207 Å². The van der Waals surface area contributed by atoms with Crippen LogP contribution in [0.15, 0.2) is 4.99 Å². The maximum absolute atomic E-state index is 13.2. The Morgan fingerprint density at radius 2 is 1.63 bits per heavy atom. The van der Waals surface area contributed by atoms with Gasteiger partial charge >= 0.3 is 5.97 Å². The fourth-order valence-corrected chi connectivity index (χ4v) is 3.83. The van der Waals surface area contributed by atoms with Gasteiger partial charge < -0.3 is 37.8 Å². The van der Waals surface area contributed by atoms with Crippen molar-refractivity contribution in [3.8, 4) is 0 Å². The van der Waals surface area contributed by atoms with E-state index in [9.17, 15) is 24.3 Å². The number of aliphatic imine (C=N–C) groups is 1.